The van der Waals surface area contributed by atoms with E-state index in [0.717, 1.165) is 6.92 Å². The highest BCUT2D eigenvalue weighted by Gasteiger charge is 2.38. The Bertz CT molecular complexity index is 426. The summed E-state index contributed by atoms with van der Waals surface area (Å²) in [4.78, 5) is 32.4. The second-order valence-electron chi connectivity index (χ2n) is 3.26. The van der Waals surface area contributed by atoms with Crippen molar-refractivity contribution in [2.24, 2.45) is 0 Å². The molecule has 16 heavy (non-hydrogen) atoms. The number of sulfonamides is 1. The average molecular weight is 250 g/mol. The van der Waals surface area contributed by atoms with Gasteiger partial charge in [-0.05, 0) is 6.92 Å². The largest absolute Gasteiger partial charge is 0.480 e. The molecule has 1 aliphatic heterocycles. The first kappa shape index (κ1) is 12.6. The molecule has 1 heterocycles. The number of amides is 2. The van der Waals surface area contributed by atoms with Gasteiger partial charge in [-0.2, -0.15) is 4.31 Å². The zero-order valence-corrected chi connectivity index (χ0v) is 9.15. The van der Waals surface area contributed by atoms with Gasteiger partial charge in [-0.25, -0.2) is 8.42 Å². The first-order valence-electron chi connectivity index (χ1n) is 4.29. The summed E-state index contributed by atoms with van der Waals surface area (Å²) in [6, 6.07) is 0. The number of nitrogens with zero attached hydrogens (tertiary/aromatic N) is 1. The van der Waals surface area contributed by atoms with Crippen LogP contribution in [0, 0.1) is 0 Å². The van der Waals surface area contributed by atoms with Crippen LogP contribution in [0.5, 0.6) is 0 Å². The Morgan fingerprint density at radius 3 is 2.19 bits per heavy atom. The summed E-state index contributed by atoms with van der Waals surface area (Å²) >= 11 is 0. The lowest BCUT2D eigenvalue weighted by Crippen LogP contribution is -2.55. The third-order valence-electron chi connectivity index (χ3n) is 2.07. The van der Waals surface area contributed by atoms with Crippen LogP contribution < -0.4 is 5.32 Å². The molecule has 1 aliphatic rings. The smallest absolute Gasteiger partial charge is 0.323 e. The molecule has 1 atom stereocenters. The van der Waals surface area contributed by atoms with Gasteiger partial charge in [-0.15, -0.1) is 0 Å². The number of carboxylic acid groups (broad SMARTS) is 1. The Labute approximate surface area is 91.3 Å². The highest BCUT2D eigenvalue weighted by molar-refractivity contribution is 7.90. The van der Waals surface area contributed by atoms with Crippen LogP contribution in [0.3, 0.4) is 0 Å². The monoisotopic (exact) mass is 250 g/mol. The molecule has 1 rings (SSSR count). The van der Waals surface area contributed by atoms with Crippen molar-refractivity contribution in [2.75, 3.05) is 13.1 Å². The summed E-state index contributed by atoms with van der Waals surface area (Å²) < 4.78 is 23.8. The first-order valence-corrected chi connectivity index (χ1v) is 5.80. The fraction of sp³-hybridized carbons (Fsp3) is 0.571. The maximum Gasteiger partial charge on any atom is 0.323 e. The van der Waals surface area contributed by atoms with Gasteiger partial charge >= 0.3 is 5.97 Å². The number of carbonyl (C=O) groups excluding carboxylic acids is 2. The molecular weight excluding hydrogens is 240 g/mol. The standard InChI is InChI=1S/C7H10N2O6S/c1-4(7(12)13)16(14,15)9-2-5(10)8-6(11)3-9/h4H,2-3H2,1H3,(H,12,13)(H,8,10,11). The van der Waals surface area contributed by atoms with E-state index in [0.29, 0.717) is 4.31 Å². The van der Waals surface area contributed by atoms with E-state index in [4.69, 9.17) is 5.11 Å². The maximum absolute atomic E-state index is 11.6. The van der Waals surface area contributed by atoms with Crippen LogP contribution in [-0.2, 0) is 24.4 Å². The van der Waals surface area contributed by atoms with Crippen LogP contribution in [0.25, 0.3) is 0 Å². The predicted molar refractivity (Wildman–Crippen MR) is 50.7 cm³/mol. The Hall–Kier alpha value is -1.48. The number of piperazine rings is 1. The molecule has 1 unspecified atom stereocenters. The SMILES string of the molecule is CC(C(=O)O)S(=O)(=O)N1CC(=O)NC(=O)C1. The summed E-state index contributed by atoms with van der Waals surface area (Å²) in [5, 5.41) is 8.82. The molecule has 2 N–H and O–H groups in total. The zero-order chi connectivity index (χ0) is 12.5. The number of nitrogens with one attached hydrogen (secondary N) is 1. The van der Waals surface area contributed by atoms with E-state index >= 15 is 0 Å². The van der Waals surface area contributed by atoms with Crippen molar-refractivity contribution in [2.45, 2.75) is 12.2 Å². The number of carbonyl (C=O) groups is 3. The predicted octanol–water partition coefficient (Wildman–Crippen LogP) is -2.25. The van der Waals surface area contributed by atoms with Crippen molar-refractivity contribution in [1.82, 2.24) is 9.62 Å². The molecule has 0 spiro atoms. The minimum Gasteiger partial charge on any atom is -0.480 e. The van der Waals surface area contributed by atoms with E-state index in [2.05, 4.69) is 0 Å². The molecule has 0 saturated carbocycles. The minimum atomic E-state index is -4.17. The molecular formula is C7H10N2O6S. The summed E-state index contributed by atoms with van der Waals surface area (Å²) in [6.07, 6.45) is 0. The molecule has 0 aromatic heterocycles. The van der Waals surface area contributed by atoms with Crippen LogP contribution in [0.2, 0.25) is 0 Å². The Morgan fingerprint density at radius 1 is 1.38 bits per heavy atom. The molecule has 0 aromatic rings. The molecule has 1 fully saturated rings. The quantitative estimate of drug-likeness (QED) is 0.546. The Kier molecular flexibility index (Phi) is 3.29. The van der Waals surface area contributed by atoms with E-state index < -0.39 is 46.1 Å². The van der Waals surface area contributed by atoms with Crippen LogP contribution >= 0.6 is 0 Å². The number of hydrogen-bond acceptors (Lipinski definition) is 5. The van der Waals surface area contributed by atoms with E-state index in [1.165, 1.54) is 0 Å². The molecule has 90 valence electrons. The van der Waals surface area contributed by atoms with Crippen LogP contribution in [0.15, 0.2) is 0 Å². The summed E-state index contributed by atoms with van der Waals surface area (Å²) in [5.74, 6) is -3.06. The van der Waals surface area contributed by atoms with Crippen molar-refractivity contribution < 1.29 is 27.9 Å². The molecule has 0 aliphatic carbocycles. The number of rotatable bonds is 3. The van der Waals surface area contributed by atoms with E-state index in [-0.39, 0.29) is 0 Å². The zero-order valence-electron chi connectivity index (χ0n) is 8.34. The van der Waals surface area contributed by atoms with Gasteiger partial charge in [0, 0.05) is 0 Å². The van der Waals surface area contributed by atoms with E-state index in [1.807, 2.05) is 5.32 Å². The van der Waals surface area contributed by atoms with Gasteiger partial charge < -0.3 is 5.11 Å². The Balaban J connectivity index is 2.96. The minimum absolute atomic E-state index is 0.536. The fourth-order valence-corrected chi connectivity index (χ4v) is 2.44. The Morgan fingerprint density at radius 2 is 1.81 bits per heavy atom. The summed E-state index contributed by atoms with van der Waals surface area (Å²) in [7, 11) is -4.17. The molecule has 1 saturated heterocycles. The van der Waals surface area contributed by atoms with Crippen molar-refractivity contribution >= 4 is 27.8 Å². The van der Waals surface area contributed by atoms with E-state index in [1.54, 1.807) is 0 Å². The van der Waals surface area contributed by atoms with Gasteiger partial charge in [-0.3, -0.25) is 19.7 Å². The van der Waals surface area contributed by atoms with Crippen LogP contribution in [0.4, 0.5) is 0 Å². The molecule has 2 amide bonds. The lowest BCUT2D eigenvalue weighted by molar-refractivity contribution is -0.137. The number of aliphatic carboxylic acids is 1. The van der Waals surface area contributed by atoms with Crippen molar-refractivity contribution in [3.05, 3.63) is 0 Å². The van der Waals surface area contributed by atoms with Gasteiger partial charge in [0.05, 0.1) is 13.1 Å². The van der Waals surface area contributed by atoms with Crippen LogP contribution in [-0.4, -0.2) is 54.0 Å². The first-order chi connectivity index (χ1) is 7.25. The molecule has 0 radical (unpaired) electrons. The van der Waals surface area contributed by atoms with Gasteiger partial charge in [-0.1, -0.05) is 0 Å². The lowest BCUT2D eigenvalue weighted by atomic mass is 10.4. The molecule has 9 heteroatoms. The molecule has 0 bridgehead atoms. The third kappa shape index (κ3) is 2.36. The highest BCUT2D eigenvalue weighted by atomic mass is 32.2. The summed E-state index contributed by atoms with van der Waals surface area (Å²) in [5.41, 5.74) is 0. The van der Waals surface area contributed by atoms with Crippen molar-refractivity contribution in [3.63, 3.8) is 0 Å². The lowest BCUT2D eigenvalue weighted by Gasteiger charge is -2.26. The fourth-order valence-electron chi connectivity index (χ4n) is 1.14. The van der Waals surface area contributed by atoms with Gasteiger partial charge in [0.2, 0.25) is 21.8 Å². The molecule has 0 aromatic carbocycles. The topological polar surface area (TPSA) is 121 Å². The van der Waals surface area contributed by atoms with Crippen molar-refractivity contribution in [1.29, 1.82) is 0 Å². The number of carboxylic acids is 1. The highest BCUT2D eigenvalue weighted by Crippen LogP contribution is 2.10. The third-order valence-corrected chi connectivity index (χ3v) is 4.15. The second-order valence-corrected chi connectivity index (χ2v) is 5.52. The molecule has 8 nitrogen and oxygen atoms in total. The normalized spacial score (nSPS) is 20.3. The number of imide groups is 1. The van der Waals surface area contributed by atoms with Crippen LogP contribution in [0.1, 0.15) is 6.92 Å². The van der Waals surface area contributed by atoms with Crippen molar-refractivity contribution in [3.8, 4) is 0 Å². The maximum atomic E-state index is 11.6. The average Bonchev–Trinajstić information content (AvgIpc) is 2.14. The van der Waals surface area contributed by atoms with Gasteiger partial charge in [0.25, 0.3) is 0 Å². The summed E-state index contributed by atoms with van der Waals surface area (Å²) in [6.45, 7) is -0.0912. The van der Waals surface area contributed by atoms with Gasteiger partial charge in [0.15, 0.2) is 5.25 Å². The second kappa shape index (κ2) is 4.18. The van der Waals surface area contributed by atoms with E-state index in [9.17, 15) is 22.8 Å². The number of hydrogen-bond donors (Lipinski definition) is 2. The van der Waals surface area contributed by atoms with Gasteiger partial charge in [0.1, 0.15) is 0 Å².